The number of aryl methyl sites for hydroxylation is 2. The van der Waals surface area contributed by atoms with Crippen LogP contribution in [0, 0.1) is 13.8 Å². The minimum atomic E-state index is 0.301. The van der Waals surface area contributed by atoms with Crippen LogP contribution in [-0.4, -0.2) is 66.9 Å². The van der Waals surface area contributed by atoms with Crippen LogP contribution in [0.25, 0.3) is 0 Å². The van der Waals surface area contributed by atoms with Gasteiger partial charge in [0.15, 0.2) is 0 Å². The molecule has 3 heterocycles. The molecule has 2 aliphatic rings. The average Bonchev–Trinajstić information content (AvgIpc) is 3.02. The molecule has 0 spiro atoms. The largest absolute Gasteiger partial charge is 0.375 e. The molecule has 0 saturated carbocycles. The van der Waals surface area contributed by atoms with E-state index in [1.807, 2.05) is 13.8 Å². The summed E-state index contributed by atoms with van der Waals surface area (Å²) in [5, 5.41) is 4.09. The van der Waals surface area contributed by atoms with Gasteiger partial charge < -0.3 is 14.2 Å². The van der Waals surface area contributed by atoms with E-state index in [-0.39, 0.29) is 0 Å². The standard InChI is InChI=1S/C22H32N4O2/c1-17-14-26(12-13-27-17)22-7-5-4-6-20(22)15-24-8-10-25(11-9-24)16-21-18(2)23-28-19(21)3/h4-7,17H,8-16H2,1-3H3/t17-/m1/s1. The summed E-state index contributed by atoms with van der Waals surface area (Å²) in [6.45, 7) is 15.3. The highest BCUT2D eigenvalue weighted by Crippen LogP contribution is 2.25. The summed E-state index contributed by atoms with van der Waals surface area (Å²) in [6, 6.07) is 8.86. The van der Waals surface area contributed by atoms with Crippen molar-refractivity contribution in [3.8, 4) is 0 Å². The zero-order valence-corrected chi connectivity index (χ0v) is 17.4. The number of para-hydroxylation sites is 1. The Bertz CT molecular complexity index is 763. The summed E-state index contributed by atoms with van der Waals surface area (Å²) in [6.07, 6.45) is 0.301. The molecule has 6 nitrogen and oxygen atoms in total. The van der Waals surface area contributed by atoms with Gasteiger partial charge in [0.25, 0.3) is 0 Å². The Morgan fingerprint density at radius 2 is 1.71 bits per heavy atom. The highest BCUT2D eigenvalue weighted by atomic mass is 16.5. The minimum absolute atomic E-state index is 0.301. The van der Waals surface area contributed by atoms with Crippen LogP contribution in [0.15, 0.2) is 28.8 Å². The van der Waals surface area contributed by atoms with Gasteiger partial charge in [-0.15, -0.1) is 0 Å². The first-order chi connectivity index (χ1) is 13.6. The smallest absolute Gasteiger partial charge is 0.138 e. The summed E-state index contributed by atoms with van der Waals surface area (Å²) >= 11 is 0. The van der Waals surface area contributed by atoms with Gasteiger partial charge in [-0.05, 0) is 32.4 Å². The molecule has 0 aliphatic carbocycles. The summed E-state index contributed by atoms with van der Waals surface area (Å²) in [5.41, 5.74) is 5.07. The molecule has 6 heteroatoms. The number of nitrogens with zero attached hydrogens (tertiary/aromatic N) is 4. The molecule has 4 rings (SSSR count). The molecule has 2 aliphatic heterocycles. The fraction of sp³-hybridized carbons (Fsp3) is 0.591. The van der Waals surface area contributed by atoms with Crippen molar-refractivity contribution in [3.63, 3.8) is 0 Å². The number of anilines is 1. The van der Waals surface area contributed by atoms with E-state index < -0.39 is 0 Å². The molecule has 0 radical (unpaired) electrons. The Labute approximate surface area is 168 Å². The van der Waals surface area contributed by atoms with Gasteiger partial charge in [-0.1, -0.05) is 23.4 Å². The molecule has 1 atom stereocenters. The molecule has 28 heavy (non-hydrogen) atoms. The molecule has 152 valence electrons. The van der Waals surface area contributed by atoms with E-state index in [2.05, 4.69) is 51.0 Å². The molecular weight excluding hydrogens is 352 g/mol. The first-order valence-electron chi connectivity index (χ1n) is 10.4. The fourth-order valence-electron chi connectivity index (χ4n) is 4.29. The van der Waals surface area contributed by atoms with E-state index in [0.29, 0.717) is 6.10 Å². The highest BCUT2D eigenvalue weighted by Gasteiger charge is 2.23. The van der Waals surface area contributed by atoms with Gasteiger partial charge in [0.1, 0.15) is 5.76 Å². The molecule has 1 aromatic carbocycles. The lowest BCUT2D eigenvalue weighted by Crippen LogP contribution is -2.46. The summed E-state index contributed by atoms with van der Waals surface area (Å²) in [7, 11) is 0. The van der Waals surface area contributed by atoms with E-state index >= 15 is 0 Å². The Hall–Kier alpha value is -1.89. The zero-order valence-electron chi connectivity index (χ0n) is 17.4. The third-order valence-electron chi connectivity index (χ3n) is 6.00. The number of rotatable bonds is 5. The predicted molar refractivity (Wildman–Crippen MR) is 111 cm³/mol. The summed E-state index contributed by atoms with van der Waals surface area (Å²) < 4.78 is 11.0. The molecule has 0 bridgehead atoms. The number of aromatic nitrogens is 1. The Balaban J connectivity index is 1.35. The first-order valence-corrected chi connectivity index (χ1v) is 10.4. The first kappa shape index (κ1) is 19.4. The van der Waals surface area contributed by atoms with Gasteiger partial charge in [-0.2, -0.15) is 0 Å². The van der Waals surface area contributed by atoms with Gasteiger partial charge in [-0.25, -0.2) is 0 Å². The van der Waals surface area contributed by atoms with Crippen LogP contribution in [0.1, 0.15) is 29.5 Å². The van der Waals surface area contributed by atoms with Crippen molar-refractivity contribution < 1.29 is 9.26 Å². The summed E-state index contributed by atoms with van der Waals surface area (Å²) in [5.74, 6) is 0.952. The topological polar surface area (TPSA) is 45.0 Å². The number of ether oxygens (including phenoxy) is 1. The minimum Gasteiger partial charge on any atom is -0.375 e. The third-order valence-corrected chi connectivity index (χ3v) is 6.00. The number of hydrogen-bond donors (Lipinski definition) is 0. The van der Waals surface area contributed by atoms with Crippen molar-refractivity contribution >= 4 is 5.69 Å². The predicted octanol–water partition coefficient (Wildman–Crippen LogP) is 2.83. The number of hydrogen-bond acceptors (Lipinski definition) is 6. The Kier molecular flexibility index (Phi) is 5.99. The van der Waals surface area contributed by atoms with Crippen molar-refractivity contribution in [1.82, 2.24) is 15.0 Å². The lowest BCUT2D eigenvalue weighted by molar-refractivity contribution is 0.0530. The molecule has 2 aromatic rings. The van der Waals surface area contributed by atoms with Gasteiger partial charge >= 0.3 is 0 Å². The molecule has 0 amide bonds. The molecule has 2 saturated heterocycles. The quantitative estimate of drug-likeness (QED) is 0.790. The fourth-order valence-corrected chi connectivity index (χ4v) is 4.29. The van der Waals surface area contributed by atoms with E-state index in [0.717, 1.165) is 70.4 Å². The van der Waals surface area contributed by atoms with Crippen LogP contribution < -0.4 is 4.90 Å². The van der Waals surface area contributed by atoms with Crippen molar-refractivity contribution in [2.45, 2.75) is 40.0 Å². The highest BCUT2D eigenvalue weighted by molar-refractivity contribution is 5.54. The molecule has 2 fully saturated rings. The van der Waals surface area contributed by atoms with Crippen LogP contribution >= 0.6 is 0 Å². The van der Waals surface area contributed by atoms with Crippen molar-refractivity contribution in [2.24, 2.45) is 0 Å². The normalized spacial score (nSPS) is 22.0. The van der Waals surface area contributed by atoms with Gasteiger partial charge in [0.05, 0.1) is 18.4 Å². The Morgan fingerprint density at radius 3 is 2.39 bits per heavy atom. The average molecular weight is 385 g/mol. The van der Waals surface area contributed by atoms with E-state index in [1.165, 1.54) is 16.8 Å². The third kappa shape index (κ3) is 4.40. The maximum absolute atomic E-state index is 5.72. The van der Waals surface area contributed by atoms with E-state index in [1.54, 1.807) is 0 Å². The maximum Gasteiger partial charge on any atom is 0.138 e. The lowest BCUT2D eigenvalue weighted by atomic mass is 10.1. The van der Waals surface area contributed by atoms with Crippen LogP contribution in [0.4, 0.5) is 5.69 Å². The Morgan fingerprint density at radius 1 is 1.00 bits per heavy atom. The lowest BCUT2D eigenvalue weighted by Gasteiger charge is -2.37. The van der Waals surface area contributed by atoms with Crippen LogP contribution in [0.3, 0.4) is 0 Å². The monoisotopic (exact) mass is 384 g/mol. The SMILES string of the molecule is Cc1noc(C)c1CN1CCN(Cc2ccccc2N2CCO[C@H](C)C2)CC1. The molecule has 1 aromatic heterocycles. The van der Waals surface area contributed by atoms with Crippen molar-refractivity contribution in [1.29, 1.82) is 0 Å². The van der Waals surface area contributed by atoms with E-state index in [4.69, 9.17) is 9.26 Å². The van der Waals surface area contributed by atoms with Crippen molar-refractivity contribution in [2.75, 3.05) is 50.8 Å². The second-order valence-electron chi connectivity index (χ2n) is 8.11. The van der Waals surface area contributed by atoms with Gasteiger partial charge in [0.2, 0.25) is 0 Å². The van der Waals surface area contributed by atoms with Crippen LogP contribution in [-0.2, 0) is 17.8 Å². The van der Waals surface area contributed by atoms with E-state index in [9.17, 15) is 0 Å². The molecular formula is C22H32N4O2. The van der Waals surface area contributed by atoms with Crippen molar-refractivity contribution in [3.05, 3.63) is 46.8 Å². The second kappa shape index (κ2) is 8.64. The van der Waals surface area contributed by atoms with Gasteiger partial charge in [0, 0.05) is 63.6 Å². The van der Waals surface area contributed by atoms with Gasteiger partial charge in [-0.3, -0.25) is 9.80 Å². The number of benzene rings is 1. The van der Waals surface area contributed by atoms with Crippen LogP contribution in [0.5, 0.6) is 0 Å². The number of piperazine rings is 1. The second-order valence-corrected chi connectivity index (χ2v) is 8.11. The zero-order chi connectivity index (χ0) is 19.5. The van der Waals surface area contributed by atoms with Crippen LogP contribution in [0.2, 0.25) is 0 Å². The molecule has 0 N–H and O–H groups in total. The summed E-state index contributed by atoms with van der Waals surface area (Å²) in [4.78, 5) is 7.57. The maximum atomic E-state index is 5.72. The molecule has 0 unspecified atom stereocenters. The number of morpholine rings is 1.